The molecule has 0 radical (unpaired) electrons. The molecule has 66 valence electrons. The van der Waals surface area contributed by atoms with Crippen molar-refractivity contribution in [2.45, 2.75) is 27.2 Å². The summed E-state index contributed by atoms with van der Waals surface area (Å²) in [6.07, 6.45) is 1.11. The molecule has 0 saturated carbocycles. The van der Waals surface area contributed by atoms with Crippen LogP contribution in [-0.4, -0.2) is 26.8 Å². The van der Waals surface area contributed by atoms with Crippen molar-refractivity contribution in [3.63, 3.8) is 0 Å². The minimum atomic E-state index is 0. The molecule has 2 nitrogen and oxygen atoms in total. The molecule has 1 N–H and O–H groups in total. The van der Waals surface area contributed by atoms with Crippen molar-refractivity contribution in [1.82, 2.24) is 5.32 Å². The standard InChI is InChI=1S/C6H15NO.C2H6.H2/c1-3-5-8-6-4-7-2;1-2;/h7H,3-6H2,1-2H3;1-2H3;1H. The fraction of sp³-hybridized carbons (Fsp3) is 1.00. The smallest absolute Gasteiger partial charge is 0.0590 e. The SMILES string of the molecule is CC.CCCOCCNC.[HH]. The molecular formula is C8H23NO. The van der Waals surface area contributed by atoms with E-state index >= 15 is 0 Å². The lowest BCUT2D eigenvalue weighted by molar-refractivity contribution is 0.138. The Bertz CT molecular complexity index is 39.1. The van der Waals surface area contributed by atoms with Crippen LogP contribution in [0.2, 0.25) is 0 Å². The molecule has 0 aromatic carbocycles. The first-order valence-corrected chi connectivity index (χ1v) is 4.14. The highest BCUT2D eigenvalue weighted by Gasteiger charge is 1.80. The summed E-state index contributed by atoms with van der Waals surface area (Å²) < 4.78 is 5.16. The lowest BCUT2D eigenvalue weighted by atomic mass is 10.5. The van der Waals surface area contributed by atoms with Crippen molar-refractivity contribution < 1.29 is 6.16 Å². The zero-order valence-electron chi connectivity index (χ0n) is 7.74. The first-order valence-electron chi connectivity index (χ1n) is 4.14. The fourth-order valence-corrected chi connectivity index (χ4v) is 0.421. The van der Waals surface area contributed by atoms with E-state index in [0.717, 1.165) is 26.2 Å². The number of rotatable bonds is 5. The topological polar surface area (TPSA) is 21.3 Å². The Kier molecular flexibility index (Phi) is 20.1. The molecule has 0 rings (SSSR count). The molecule has 0 aromatic rings. The lowest BCUT2D eigenvalue weighted by Crippen LogP contribution is -2.14. The van der Waals surface area contributed by atoms with E-state index in [4.69, 9.17) is 4.74 Å². The van der Waals surface area contributed by atoms with Gasteiger partial charge in [0, 0.05) is 14.6 Å². The number of hydrogen-bond acceptors (Lipinski definition) is 2. The Balaban J connectivity index is -0.000000196. The second-order valence-electron chi connectivity index (χ2n) is 1.72. The first kappa shape index (κ1) is 12.6. The van der Waals surface area contributed by atoms with Crippen molar-refractivity contribution >= 4 is 0 Å². The molecule has 10 heavy (non-hydrogen) atoms. The minimum Gasteiger partial charge on any atom is -0.380 e. The number of ether oxygens (including phenoxy) is 1. The van der Waals surface area contributed by atoms with Crippen LogP contribution < -0.4 is 5.32 Å². The van der Waals surface area contributed by atoms with Gasteiger partial charge in [0.2, 0.25) is 0 Å². The third kappa shape index (κ3) is 15.7. The highest BCUT2D eigenvalue weighted by molar-refractivity contribution is 4.34. The molecular weight excluding hydrogens is 126 g/mol. The van der Waals surface area contributed by atoms with E-state index in [1.165, 1.54) is 0 Å². The molecule has 0 aliphatic rings. The zero-order chi connectivity index (χ0) is 8.24. The summed E-state index contributed by atoms with van der Waals surface area (Å²) in [6.45, 7) is 8.80. The summed E-state index contributed by atoms with van der Waals surface area (Å²) in [7, 11) is 1.93. The maximum atomic E-state index is 5.16. The molecule has 0 unspecified atom stereocenters. The average Bonchev–Trinajstić information content (AvgIpc) is 2.02. The number of hydrogen-bond donors (Lipinski definition) is 1. The van der Waals surface area contributed by atoms with E-state index in [2.05, 4.69) is 12.2 Å². The third-order valence-electron chi connectivity index (χ3n) is 0.845. The Labute approximate surface area is 66.4 Å². The summed E-state index contributed by atoms with van der Waals surface area (Å²) in [6, 6.07) is 0. The molecule has 0 aromatic heterocycles. The van der Waals surface area contributed by atoms with Crippen LogP contribution in [0.3, 0.4) is 0 Å². The van der Waals surface area contributed by atoms with Crippen LogP contribution in [0.4, 0.5) is 0 Å². The van der Waals surface area contributed by atoms with Crippen LogP contribution in [0.5, 0.6) is 0 Å². The van der Waals surface area contributed by atoms with Gasteiger partial charge >= 0.3 is 0 Å². The second kappa shape index (κ2) is 16.0. The maximum absolute atomic E-state index is 5.16. The Hall–Kier alpha value is -0.0800. The van der Waals surface area contributed by atoms with Gasteiger partial charge in [0.15, 0.2) is 0 Å². The summed E-state index contributed by atoms with van der Waals surface area (Å²) >= 11 is 0. The highest BCUT2D eigenvalue weighted by Crippen LogP contribution is 1.76. The normalized spacial score (nSPS) is 8.40. The molecule has 0 atom stereocenters. The van der Waals surface area contributed by atoms with Crippen LogP contribution in [0.25, 0.3) is 0 Å². The monoisotopic (exact) mass is 149 g/mol. The number of nitrogens with one attached hydrogen (secondary N) is 1. The van der Waals surface area contributed by atoms with Crippen molar-refractivity contribution in [2.24, 2.45) is 0 Å². The average molecular weight is 149 g/mol. The van der Waals surface area contributed by atoms with Gasteiger partial charge in [-0.15, -0.1) is 0 Å². The van der Waals surface area contributed by atoms with E-state index in [1.807, 2.05) is 20.9 Å². The summed E-state index contributed by atoms with van der Waals surface area (Å²) in [4.78, 5) is 0. The highest BCUT2D eigenvalue weighted by atomic mass is 16.5. The molecule has 0 spiro atoms. The fourth-order valence-electron chi connectivity index (χ4n) is 0.421. The summed E-state index contributed by atoms with van der Waals surface area (Å²) in [5.74, 6) is 0. The predicted molar refractivity (Wildman–Crippen MR) is 48.5 cm³/mol. The van der Waals surface area contributed by atoms with Crippen LogP contribution >= 0.6 is 0 Å². The lowest BCUT2D eigenvalue weighted by Gasteiger charge is -1.98. The van der Waals surface area contributed by atoms with Gasteiger partial charge in [-0.2, -0.15) is 0 Å². The molecule has 2 heteroatoms. The molecule has 0 aliphatic heterocycles. The van der Waals surface area contributed by atoms with E-state index in [-0.39, 0.29) is 1.43 Å². The van der Waals surface area contributed by atoms with Crippen molar-refractivity contribution in [1.29, 1.82) is 0 Å². The molecule has 0 bridgehead atoms. The first-order chi connectivity index (χ1) is 4.91. The van der Waals surface area contributed by atoms with Gasteiger partial charge in [-0.1, -0.05) is 20.8 Å². The number of likely N-dealkylation sites (N-methyl/N-ethyl adjacent to an activating group) is 1. The van der Waals surface area contributed by atoms with Crippen molar-refractivity contribution in [3.8, 4) is 0 Å². The van der Waals surface area contributed by atoms with Crippen LogP contribution in [0.1, 0.15) is 28.6 Å². The van der Waals surface area contributed by atoms with E-state index < -0.39 is 0 Å². The Morgan fingerprint density at radius 2 is 1.90 bits per heavy atom. The Morgan fingerprint density at radius 1 is 1.30 bits per heavy atom. The molecule has 0 heterocycles. The molecule has 0 saturated heterocycles. The molecule has 0 aliphatic carbocycles. The van der Waals surface area contributed by atoms with Gasteiger partial charge in [0.1, 0.15) is 0 Å². The Morgan fingerprint density at radius 3 is 2.30 bits per heavy atom. The van der Waals surface area contributed by atoms with Crippen molar-refractivity contribution in [2.75, 3.05) is 26.8 Å². The van der Waals surface area contributed by atoms with Gasteiger partial charge in [0.05, 0.1) is 6.61 Å². The van der Waals surface area contributed by atoms with Gasteiger partial charge in [-0.3, -0.25) is 0 Å². The van der Waals surface area contributed by atoms with Gasteiger partial charge in [0.25, 0.3) is 0 Å². The zero-order valence-corrected chi connectivity index (χ0v) is 7.74. The van der Waals surface area contributed by atoms with E-state index in [0.29, 0.717) is 0 Å². The van der Waals surface area contributed by atoms with Crippen LogP contribution in [0.15, 0.2) is 0 Å². The predicted octanol–water partition coefficient (Wildman–Crippen LogP) is 1.90. The second-order valence-corrected chi connectivity index (χ2v) is 1.72. The van der Waals surface area contributed by atoms with Crippen molar-refractivity contribution in [3.05, 3.63) is 0 Å². The molecule has 0 amide bonds. The van der Waals surface area contributed by atoms with Gasteiger partial charge in [-0.25, -0.2) is 0 Å². The minimum absolute atomic E-state index is 0. The quantitative estimate of drug-likeness (QED) is 0.603. The van der Waals surface area contributed by atoms with Gasteiger partial charge < -0.3 is 10.1 Å². The molecule has 0 fully saturated rings. The van der Waals surface area contributed by atoms with E-state index in [9.17, 15) is 0 Å². The van der Waals surface area contributed by atoms with E-state index in [1.54, 1.807) is 0 Å². The summed E-state index contributed by atoms with van der Waals surface area (Å²) in [5, 5.41) is 3.00. The van der Waals surface area contributed by atoms with Crippen LogP contribution in [-0.2, 0) is 4.74 Å². The maximum Gasteiger partial charge on any atom is 0.0590 e. The van der Waals surface area contributed by atoms with Gasteiger partial charge in [-0.05, 0) is 13.5 Å². The summed E-state index contributed by atoms with van der Waals surface area (Å²) in [5.41, 5.74) is 0. The third-order valence-corrected chi connectivity index (χ3v) is 0.845. The largest absolute Gasteiger partial charge is 0.380 e. The van der Waals surface area contributed by atoms with Crippen LogP contribution in [0, 0.1) is 0 Å².